The molecular weight excluding hydrogens is 444 g/mol. The summed E-state index contributed by atoms with van der Waals surface area (Å²) in [5.74, 6) is 3.86. The Labute approximate surface area is 208 Å². The molecule has 1 heterocycles. The number of rotatable bonds is 9. The highest BCUT2D eigenvalue weighted by atomic mass is 16.5. The van der Waals surface area contributed by atoms with E-state index in [0.29, 0.717) is 12.3 Å². The van der Waals surface area contributed by atoms with Crippen molar-refractivity contribution in [2.45, 2.75) is 32.1 Å². The smallest absolute Gasteiger partial charge is 0.223 e. The lowest BCUT2D eigenvalue weighted by Crippen LogP contribution is -2.36. The van der Waals surface area contributed by atoms with E-state index in [2.05, 4.69) is 36.2 Å². The highest BCUT2D eigenvalue weighted by Gasteiger charge is 2.26. The number of methoxy groups -OCH3 is 4. The van der Waals surface area contributed by atoms with E-state index in [1.54, 1.807) is 28.4 Å². The zero-order valence-corrected chi connectivity index (χ0v) is 21.7. The summed E-state index contributed by atoms with van der Waals surface area (Å²) >= 11 is 0. The van der Waals surface area contributed by atoms with Crippen LogP contribution in [-0.4, -0.2) is 77.4 Å². The molecule has 35 heavy (non-hydrogen) atoms. The first-order chi connectivity index (χ1) is 16.9. The molecule has 0 saturated heterocycles. The summed E-state index contributed by atoms with van der Waals surface area (Å²) in [5, 5.41) is 0. The summed E-state index contributed by atoms with van der Waals surface area (Å²) in [7, 11) is 8.79. The first-order valence-corrected chi connectivity index (χ1v) is 12.4. The van der Waals surface area contributed by atoms with Gasteiger partial charge in [-0.25, -0.2) is 0 Å². The number of hydrogen-bond acceptors (Lipinski definition) is 6. The van der Waals surface area contributed by atoms with Crippen molar-refractivity contribution in [2.24, 2.45) is 5.92 Å². The van der Waals surface area contributed by atoms with Crippen LogP contribution in [0.2, 0.25) is 0 Å². The van der Waals surface area contributed by atoms with Crippen LogP contribution in [0.3, 0.4) is 0 Å². The molecule has 1 amide bonds. The minimum absolute atomic E-state index is 0.229. The molecule has 0 radical (unpaired) electrons. The molecule has 0 atom stereocenters. The van der Waals surface area contributed by atoms with Crippen LogP contribution in [0.4, 0.5) is 0 Å². The third-order valence-electron chi connectivity index (χ3n) is 7.36. The van der Waals surface area contributed by atoms with E-state index in [4.69, 9.17) is 18.9 Å². The molecule has 190 valence electrons. The van der Waals surface area contributed by atoms with Crippen molar-refractivity contribution in [3.8, 4) is 23.0 Å². The Morgan fingerprint density at radius 2 is 1.23 bits per heavy atom. The Hall–Kier alpha value is -2.93. The fourth-order valence-electron chi connectivity index (χ4n) is 5.44. The molecule has 0 saturated carbocycles. The maximum absolute atomic E-state index is 13.0. The van der Waals surface area contributed by atoms with Crippen LogP contribution >= 0.6 is 0 Å². The van der Waals surface area contributed by atoms with Crippen LogP contribution in [0.25, 0.3) is 0 Å². The van der Waals surface area contributed by atoms with Gasteiger partial charge in [0.2, 0.25) is 5.91 Å². The van der Waals surface area contributed by atoms with Crippen molar-refractivity contribution in [1.29, 1.82) is 0 Å². The number of amides is 1. The van der Waals surface area contributed by atoms with E-state index in [1.807, 2.05) is 4.90 Å². The Morgan fingerprint density at radius 3 is 1.66 bits per heavy atom. The predicted molar refractivity (Wildman–Crippen MR) is 136 cm³/mol. The number of fused-ring (bicyclic) bond motifs is 2. The highest BCUT2D eigenvalue weighted by Crippen LogP contribution is 2.37. The third kappa shape index (κ3) is 5.67. The van der Waals surface area contributed by atoms with Gasteiger partial charge < -0.3 is 28.7 Å². The van der Waals surface area contributed by atoms with Crippen molar-refractivity contribution in [3.63, 3.8) is 0 Å². The quantitative estimate of drug-likeness (QED) is 0.546. The van der Waals surface area contributed by atoms with Gasteiger partial charge in [0.1, 0.15) is 0 Å². The largest absolute Gasteiger partial charge is 0.493 e. The number of carbonyl (C=O) groups is 1. The molecule has 0 aromatic heterocycles. The lowest BCUT2D eigenvalue weighted by Gasteiger charge is -2.24. The Morgan fingerprint density at radius 1 is 0.800 bits per heavy atom. The van der Waals surface area contributed by atoms with Gasteiger partial charge in [0.25, 0.3) is 0 Å². The van der Waals surface area contributed by atoms with Crippen molar-refractivity contribution in [1.82, 2.24) is 9.80 Å². The Balaban J connectivity index is 1.27. The molecule has 2 aromatic carbocycles. The summed E-state index contributed by atoms with van der Waals surface area (Å²) in [6.45, 7) is 3.22. The third-order valence-corrected chi connectivity index (χ3v) is 7.36. The van der Waals surface area contributed by atoms with Gasteiger partial charge in [0.15, 0.2) is 23.0 Å². The van der Waals surface area contributed by atoms with Crippen LogP contribution in [0.15, 0.2) is 24.3 Å². The van der Waals surface area contributed by atoms with Gasteiger partial charge in [-0.1, -0.05) is 0 Å². The summed E-state index contributed by atoms with van der Waals surface area (Å²) in [5.41, 5.74) is 5.16. The van der Waals surface area contributed by atoms with Gasteiger partial charge in [-0.05, 0) is 85.2 Å². The van der Waals surface area contributed by atoms with Crippen molar-refractivity contribution in [3.05, 3.63) is 46.5 Å². The topological polar surface area (TPSA) is 60.5 Å². The summed E-state index contributed by atoms with van der Waals surface area (Å²) in [6, 6.07) is 8.34. The normalized spacial score (nSPS) is 15.4. The Bertz CT molecular complexity index is 986. The van der Waals surface area contributed by atoms with Gasteiger partial charge >= 0.3 is 0 Å². The molecule has 1 aliphatic heterocycles. The molecular formula is C28H38N2O5. The molecule has 0 spiro atoms. The molecule has 0 fully saturated rings. The first kappa shape index (κ1) is 25.2. The molecule has 0 N–H and O–H groups in total. The second kappa shape index (κ2) is 11.2. The fraction of sp³-hybridized carbons (Fsp3) is 0.536. The van der Waals surface area contributed by atoms with Crippen LogP contribution in [0.1, 0.15) is 28.7 Å². The molecule has 0 bridgehead atoms. The average molecular weight is 483 g/mol. The summed E-state index contributed by atoms with van der Waals surface area (Å²) < 4.78 is 21.8. The average Bonchev–Trinajstić information content (AvgIpc) is 3.14. The minimum Gasteiger partial charge on any atom is -0.493 e. The Kier molecular flexibility index (Phi) is 8.06. The SMILES string of the molecule is COc1cc2c(cc1OC)CCN(C(=O)CCN(C)CC1Cc3cc(OC)c(OC)cc3C1)CC2. The van der Waals surface area contributed by atoms with Crippen LogP contribution in [0, 0.1) is 5.92 Å². The summed E-state index contributed by atoms with van der Waals surface area (Å²) in [6.07, 6.45) is 4.28. The van der Waals surface area contributed by atoms with Gasteiger partial charge in [0.05, 0.1) is 28.4 Å². The lowest BCUT2D eigenvalue weighted by atomic mass is 10.0. The van der Waals surface area contributed by atoms with Gasteiger partial charge in [-0.3, -0.25) is 4.79 Å². The zero-order valence-electron chi connectivity index (χ0n) is 21.7. The van der Waals surface area contributed by atoms with E-state index in [1.165, 1.54) is 22.3 Å². The van der Waals surface area contributed by atoms with E-state index < -0.39 is 0 Å². The van der Waals surface area contributed by atoms with E-state index >= 15 is 0 Å². The first-order valence-electron chi connectivity index (χ1n) is 12.4. The van der Waals surface area contributed by atoms with E-state index in [0.717, 1.165) is 74.9 Å². The number of benzene rings is 2. The van der Waals surface area contributed by atoms with E-state index in [-0.39, 0.29) is 5.91 Å². The molecule has 7 nitrogen and oxygen atoms in total. The van der Waals surface area contributed by atoms with Crippen molar-refractivity contribution < 1.29 is 23.7 Å². The molecule has 2 aromatic rings. The van der Waals surface area contributed by atoms with Gasteiger partial charge in [-0.15, -0.1) is 0 Å². The fourth-order valence-corrected chi connectivity index (χ4v) is 5.44. The van der Waals surface area contributed by atoms with E-state index in [9.17, 15) is 4.79 Å². The number of nitrogens with zero attached hydrogens (tertiary/aromatic N) is 2. The van der Waals surface area contributed by atoms with Gasteiger partial charge in [-0.2, -0.15) is 0 Å². The maximum Gasteiger partial charge on any atom is 0.223 e. The lowest BCUT2D eigenvalue weighted by molar-refractivity contribution is -0.131. The number of carbonyl (C=O) groups excluding carboxylic acids is 1. The van der Waals surface area contributed by atoms with Crippen LogP contribution in [-0.2, 0) is 30.5 Å². The highest BCUT2D eigenvalue weighted by molar-refractivity contribution is 5.76. The predicted octanol–water partition coefficient (Wildman–Crippen LogP) is 3.39. The molecule has 2 aliphatic rings. The number of ether oxygens (including phenoxy) is 4. The van der Waals surface area contributed by atoms with Crippen LogP contribution < -0.4 is 18.9 Å². The van der Waals surface area contributed by atoms with Gasteiger partial charge in [0, 0.05) is 32.6 Å². The monoisotopic (exact) mass is 482 g/mol. The summed E-state index contributed by atoms with van der Waals surface area (Å²) in [4.78, 5) is 17.3. The maximum atomic E-state index is 13.0. The molecule has 4 rings (SSSR count). The molecule has 1 aliphatic carbocycles. The minimum atomic E-state index is 0.229. The molecule has 0 unspecified atom stereocenters. The number of hydrogen-bond donors (Lipinski definition) is 0. The standard InChI is InChI=1S/C28H38N2O5/c1-29(18-19-12-22-16-26(34-4)27(35-5)17-23(22)13-19)9-8-28(31)30-10-6-20-14-24(32-2)25(33-3)15-21(20)7-11-30/h14-17,19H,6-13,18H2,1-5H3. The zero-order chi connectivity index (χ0) is 24.9. The van der Waals surface area contributed by atoms with Crippen molar-refractivity contribution >= 4 is 5.91 Å². The second-order valence-electron chi connectivity index (χ2n) is 9.62. The van der Waals surface area contributed by atoms with Crippen LogP contribution in [0.5, 0.6) is 23.0 Å². The molecule has 7 heteroatoms. The second-order valence-corrected chi connectivity index (χ2v) is 9.62. The van der Waals surface area contributed by atoms with Crippen molar-refractivity contribution in [2.75, 3.05) is 61.7 Å².